The van der Waals surface area contributed by atoms with Crippen LogP contribution in [0.25, 0.3) is 0 Å². The molecule has 0 radical (unpaired) electrons. The van der Waals surface area contributed by atoms with Crippen LogP contribution in [-0.4, -0.2) is 16.7 Å². The third-order valence-electron chi connectivity index (χ3n) is 4.63. The lowest BCUT2D eigenvalue weighted by atomic mass is 9.87. The van der Waals surface area contributed by atoms with Gasteiger partial charge in [0.1, 0.15) is 11.5 Å². The van der Waals surface area contributed by atoms with Crippen molar-refractivity contribution in [1.29, 1.82) is 0 Å². The van der Waals surface area contributed by atoms with Crippen LogP contribution in [-0.2, 0) is 4.79 Å². The summed E-state index contributed by atoms with van der Waals surface area (Å²) in [5.41, 5.74) is 7.20. The highest BCUT2D eigenvalue weighted by Crippen LogP contribution is 2.44. The molecular formula is C21H15N3O5. The minimum Gasteiger partial charge on any atom is -0.457 e. The number of nitrogens with zero attached hydrogens (tertiary/aromatic N) is 1. The van der Waals surface area contributed by atoms with Gasteiger partial charge in [0.2, 0.25) is 5.91 Å². The summed E-state index contributed by atoms with van der Waals surface area (Å²) < 4.78 is 5.85. The number of hydrogen-bond donors (Lipinski definition) is 2. The molecule has 2 amide bonds. The predicted molar refractivity (Wildman–Crippen MR) is 105 cm³/mol. The molecule has 1 aliphatic rings. The van der Waals surface area contributed by atoms with E-state index < -0.39 is 22.7 Å². The maximum atomic E-state index is 12.5. The fourth-order valence-corrected chi connectivity index (χ4v) is 3.31. The Morgan fingerprint density at radius 3 is 2.48 bits per heavy atom. The molecule has 0 aliphatic carbocycles. The first-order chi connectivity index (χ1) is 13.9. The number of amides is 2. The molecule has 0 fully saturated rings. The summed E-state index contributed by atoms with van der Waals surface area (Å²) in [6, 6.07) is 17.4. The van der Waals surface area contributed by atoms with Crippen LogP contribution in [0.1, 0.15) is 27.4 Å². The molecule has 4 rings (SSSR count). The van der Waals surface area contributed by atoms with Gasteiger partial charge >= 0.3 is 0 Å². The number of fused-ring (bicyclic) bond motifs is 2. The average Bonchev–Trinajstić information content (AvgIpc) is 2.71. The minimum absolute atomic E-state index is 0.143. The Morgan fingerprint density at radius 1 is 0.966 bits per heavy atom. The van der Waals surface area contributed by atoms with Crippen LogP contribution in [0.5, 0.6) is 11.5 Å². The number of nitro groups is 1. The largest absolute Gasteiger partial charge is 0.457 e. The van der Waals surface area contributed by atoms with Crippen molar-refractivity contribution in [2.75, 3.05) is 5.32 Å². The smallest absolute Gasteiger partial charge is 0.270 e. The Kier molecular flexibility index (Phi) is 4.44. The normalized spacial score (nSPS) is 14.1. The topological polar surface area (TPSA) is 125 Å². The molecule has 1 heterocycles. The van der Waals surface area contributed by atoms with Crippen molar-refractivity contribution in [2.45, 2.75) is 5.92 Å². The number of ether oxygens (including phenoxy) is 1. The number of benzene rings is 3. The molecule has 1 unspecified atom stereocenters. The number of carbonyl (C=O) groups is 2. The molecule has 3 aromatic rings. The molecule has 3 aromatic carbocycles. The molecule has 0 aromatic heterocycles. The van der Waals surface area contributed by atoms with Gasteiger partial charge in [0.15, 0.2) is 0 Å². The lowest BCUT2D eigenvalue weighted by Crippen LogP contribution is -2.25. The number of non-ortho nitro benzene ring substituents is 1. The Morgan fingerprint density at radius 2 is 1.72 bits per heavy atom. The monoisotopic (exact) mass is 389 g/mol. The molecule has 29 heavy (non-hydrogen) atoms. The van der Waals surface area contributed by atoms with Crippen molar-refractivity contribution in [3.05, 3.63) is 93.5 Å². The summed E-state index contributed by atoms with van der Waals surface area (Å²) in [7, 11) is 0. The van der Waals surface area contributed by atoms with Crippen LogP contribution in [0.2, 0.25) is 0 Å². The second-order valence-corrected chi connectivity index (χ2v) is 6.49. The number of nitrogens with two attached hydrogens (primary N) is 1. The van der Waals surface area contributed by atoms with Crippen LogP contribution < -0.4 is 15.8 Å². The molecule has 0 bridgehead atoms. The van der Waals surface area contributed by atoms with E-state index in [1.54, 1.807) is 42.5 Å². The van der Waals surface area contributed by atoms with Crippen molar-refractivity contribution in [3.63, 3.8) is 0 Å². The van der Waals surface area contributed by atoms with Gasteiger partial charge in [-0.05, 0) is 30.3 Å². The van der Waals surface area contributed by atoms with E-state index in [1.165, 1.54) is 24.3 Å². The number of rotatable bonds is 4. The molecule has 0 saturated carbocycles. The van der Waals surface area contributed by atoms with E-state index in [9.17, 15) is 19.7 Å². The van der Waals surface area contributed by atoms with Crippen LogP contribution in [0.15, 0.2) is 66.7 Å². The Balaban J connectivity index is 1.66. The fraction of sp³-hybridized carbons (Fsp3) is 0.0476. The molecule has 8 heteroatoms. The van der Waals surface area contributed by atoms with E-state index in [1.807, 2.05) is 0 Å². The van der Waals surface area contributed by atoms with Crippen LogP contribution in [0.3, 0.4) is 0 Å². The zero-order chi connectivity index (χ0) is 20.5. The second kappa shape index (κ2) is 7.08. The van der Waals surface area contributed by atoms with Crippen molar-refractivity contribution in [2.24, 2.45) is 5.73 Å². The third kappa shape index (κ3) is 3.39. The van der Waals surface area contributed by atoms with Gasteiger partial charge in [0, 0.05) is 34.5 Å². The number of carbonyl (C=O) groups excluding carboxylic acids is 2. The van der Waals surface area contributed by atoms with Gasteiger partial charge in [-0.3, -0.25) is 19.7 Å². The molecule has 144 valence electrons. The van der Waals surface area contributed by atoms with Gasteiger partial charge in [-0.25, -0.2) is 0 Å². The maximum absolute atomic E-state index is 12.5. The van der Waals surface area contributed by atoms with E-state index in [4.69, 9.17) is 10.5 Å². The second-order valence-electron chi connectivity index (χ2n) is 6.49. The van der Waals surface area contributed by atoms with Gasteiger partial charge in [-0.1, -0.05) is 24.3 Å². The minimum atomic E-state index is -0.718. The zero-order valence-electron chi connectivity index (χ0n) is 15.0. The highest BCUT2D eigenvalue weighted by Gasteiger charge is 2.31. The molecule has 1 aliphatic heterocycles. The first kappa shape index (κ1) is 18.2. The highest BCUT2D eigenvalue weighted by atomic mass is 16.6. The van der Waals surface area contributed by atoms with Crippen molar-refractivity contribution < 1.29 is 19.2 Å². The molecule has 3 N–H and O–H groups in total. The Bertz CT molecular complexity index is 1160. The molecule has 0 saturated heterocycles. The van der Waals surface area contributed by atoms with Crippen LogP contribution >= 0.6 is 0 Å². The SMILES string of the molecule is NC(=O)C1c2ccccc2Oc2ccc(NC(=O)c3cccc([N+](=O)[O-])c3)cc21. The predicted octanol–water partition coefficient (Wildman–Crippen LogP) is 3.57. The molecule has 0 spiro atoms. The first-order valence-corrected chi connectivity index (χ1v) is 8.70. The van der Waals surface area contributed by atoms with Gasteiger partial charge in [0.25, 0.3) is 11.6 Å². The third-order valence-corrected chi connectivity index (χ3v) is 4.63. The standard InChI is InChI=1S/C21H15N3O5/c22-20(25)19-15-6-1-2-7-17(15)29-18-9-8-13(11-16(18)19)23-21(26)12-4-3-5-14(10-12)24(27)28/h1-11,19H,(H2,22,25)(H,23,26). The summed E-state index contributed by atoms with van der Waals surface area (Å²) in [6.07, 6.45) is 0. The number of para-hydroxylation sites is 1. The van der Waals surface area contributed by atoms with E-state index >= 15 is 0 Å². The molecular weight excluding hydrogens is 374 g/mol. The van der Waals surface area contributed by atoms with Crippen LogP contribution in [0, 0.1) is 10.1 Å². The Hall–Kier alpha value is -4.20. The summed E-state index contributed by atoms with van der Waals surface area (Å²) in [5, 5.41) is 13.6. The molecule has 1 atom stereocenters. The fourth-order valence-electron chi connectivity index (χ4n) is 3.31. The number of hydrogen-bond acceptors (Lipinski definition) is 5. The lowest BCUT2D eigenvalue weighted by Gasteiger charge is -2.26. The quantitative estimate of drug-likeness (QED) is 0.521. The van der Waals surface area contributed by atoms with Gasteiger partial charge < -0.3 is 15.8 Å². The summed E-state index contributed by atoms with van der Waals surface area (Å²) in [5.74, 6) is -0.742. The number of nitro benzene ring substituents is 1. The van der Waals surface area contributed by atoms with Gasteiger partial charge in [0.05, 0.1) is 10.8 Å². The number of primary amides is 1. The highest BCUT2D eigenvalue weighted by molar-refractivity contribution is 6.04. The van der Waals surface area contributed by atoms with Crippen molar-refractivity contribution in [1.82, 2.24) is 0 Å². The lowest BCUT2D eigenvalue weighted by molar-refractivity contribution is -0.384. The average molecular weight is 389 g/mol. The number of nitrogens with one attached hydrogen (secondary N) is 1. The van der Waals surface area contributed by atoms with E-state index in [-0.39, 0.29) is 11.3 Å². The maximum Gasteiger partial charge on any atom is 0.270 e. The summed E-state index contributed by atoms with van der Waals surface area (Å²) >= 11 is 0. The summed E-state index contributed by atoms with van der Waals surface area (Å²) in [6.45, 7) is 0. The number of anilines is 1. The molecule has 8 nitrogen and oxygen atoms in total. The van der Waals surface area contributed by atoms with Gasteiger partial charge in [-0.2, -0.15) is 0 Å². The Labute approximate surface area is 165 Å². The van der Waals surface area contributed by atoms with Crippen LogP contribution in [0.4, 0.5) is 11.4 Å². The summed E-state index contributed by atoms with van der Waals surface area (Å²) in [4.78, 5) is 35.0. The van der Waals surface area contributed by atoms with E-state index in [2.05, 4.69) is 5.32 Å². The first-order valence-electron chi connectivity index (χ1n) is 8.70. The van der Waals surface area contributed by atoms with Crippen molar-refractivity contribution >= 4 is 23.2 Å². The van der Waals surface area contributed by atoms with Gasteiger partial charge in [-0.15, -0.1) is 0 Å². The zero-order valence-corrected chi connectivity index (χ0v) is 15.0. The van der Waals surface area contributed by atoms with E-state index in [0.717, 1.165) is 0 Å². The van der Waals surface area contributed by atoms with E-state index in [0.29, 0.717) is 28.3 Å². The van der Waals surface area contributed by atoms with Crippen molar-refractivity contribution in [3.8, 4) is 11.5 Å².